The van der Waals surface area contributed by atoms with Gasteiger partial charge in [0.05, 0.1) is 5.69 Å². The average Bonchev–Trinajstić information content (AvgIpc) is 3.29. The topological polar surface area (TPSA) is 66.3 Å². The zero-order chi connectivity index (χ0) is 25.0. The molecule has 1 amide bonds. The maximum absolute atomic E-state index is 13.7. The summed E-state index contributed by atoms with van der Waals surface area (Å²) in [5.41, 5.74) is 0.260. The summed E-state index contributed by atoms with van der Waals surface area (Å²) in [6.07, 6.45) is -4.29. The minimum absolute atomic E-state index is 0.0462. The summed E-state index contributed by atoms with van der Waals surface area (Å²) in [7, 11) is 0. The lowest BCUT2D eigenvalue weighted by atomic mass is 10.2. The first-order valence-corrected chi connectivity index (χ1v) is 11.3. The molecule has 2 heterocycles. The van der Waals surface area contributed by atoms with Crippen LogP contribution in [0.15, 0.2) is 48.5 Å². The largest absolute Gasteiger partial charge is 0.435 e. The molecule has 1 saturated heterocycles. The molecule has 0 saturated carbocycles. The van der Waals surface area contributed by atoms with Gasteiger partial charge in [0.1, 0.15) is 5.82 Å². The van der Waals surface area contributed by atoms with E-state index in [9.17, 15) is 22.4 Å². The molecule has 1 aromatic heterocycles. The van der Waals surface area contributed by atoms with Crippen molar-refractivity contribution in [3.8, 4) is 5.69 Å². The molecule has 7 nitrogen and oxygen atoms in total. The van der Waals surface area contributed by atoms with Gasteiger partial charge in [-0.1, -0.05) is 17.3 Å². The Morgan fingerprint density at radius 1 is 1.03 bits per heavy atom. The van der Waals surface area contributed by atoms with Crippen LogP contribution in [0.1, 0.15) is 28.2 Å². The van der Waals surface area contributed by atoms with Crippen molar-refractivity contribution in [2.24, 2.45) is 0 Å². The molecule has 186 valence electrons. The fourth-order valence-corrected chi connectivity index (χ4v) is 4.09. The van der Waals surface area contributed by atoms with Gasteiger partial charge in [-0.05, 0) is 61.9 Å². The number of amides is 1. The summed E-state index contributed by atoms with van der Waals surface area (Å²) in [5.74, 6) is -1.55. The van der Waals surface area contributed by atoms with Crippen LogP contribution in [0.2, 0.25) is 0 Å². The minimum atomic E-state index is -4.87. The molecular weight excluding hydrogens is 464 g/mol. The normalized spacial score (nSPS) is 14.8. The molecule has 0 atom stereocenters. The standard InChI is InChI=1S/C24H26F4N6O/c1-17-4-2-5-20(16-17)33-14-12-32(13-15-33)11-3-10-29-23(35)21-22(24(26,27)28)34(31-30-21)19-8-6-18(25)7-9-19/h2,4-9,16H,3,10-15H2,1H3,(H,29,35). The molecule has 11 heteroatoms. The van der Waals surface area contributed by atoms with Gasteiger partial charge in [0.25, 0.3) is 5.91 Å². The van der Waals surface area contributed by atoms with Gasteiger partial charge in [-0.2, -0.15) is 13.2 Å². The zero-order valence-electron chi connectivity index (χ0n) is 19.2. The molecular formula is C24H26F4N6O. The van der Waals surface area contributed by atoms with Crippen molar-refractivity contribution in [2.75, 3.05) is 44.2 Å². The first kappa shape index (κ1) is 24.6. The van der Waals surface area contributed by atoms with Crippen molar-refractivity contribution >= 4 is 11.6 Å². The van der Waals surface area contributed by atoms with Gasteiger partial charge in [0.2, 0.25) is 0 Å². The molecule has 0 unspecified atom stereocenters. The molecule has 0 spiro atoms. The molecule has 3 aromatic rings. The summed E-state index contributed by atoms with van der Waals surface area (Å²) in [6, 6.07) is 12.7. The Bertz CT molecular complexity index is 1150. The summed E-state index contributed by atoms with van der Waals surface area (Å²) in [6.45, 7) is 6.50. The Kier molecular flexibility index (Phi) is 7.34. The van der Waals surface area contributed by atoms with Gasteiger partial charge >= 0.3 is 6.18 Å². The van der Waals surface area contributed by atoms with E-state index in [0.717, 1.165) is 57.0 Å². The van der Waals surface area contributed by atoms with Gasteiger partial charge in [-0.15, -0.1) is 5.10 Å². The molecule has 1 fully saturated rings. The van der Waals surface area contributed by atoms with E-state index in [1.165, 1.54) is 11.3 Å². The van der Waals surface area contributed by atoms with E-state index in [-0.39, 0.29) is 12.2 Å². The van der Waals surface area contributed by atoms with Crippen LogP contribution >= 0.6 is 0 Å². The molecule has 0 aliphatic carbocycles. The van der Waals surface area contributed by atoms with Crippen LogP contribution in [0.3, 0.4) is 0 Å². The van der Waals surface area contributed by atoms with Gasteiger partial charge in [0, 0.05) is 38.4 Å². The molecule has 0 radical (unpaired) electrons. The van der Waals surface area contributed by atoms with Crippen molar-refractivity contribution in [3.63, 3.8) is 0 Å². The van der Waals surface area contributed by atoms with Crippen molar-refractivity contribution in [1.29, 1.82) is 0 Å². The number of piperazine rings is 1. The van der Waals surface area contributed by atoms with Crippen LogP contribution in [-0.4, -0.2) is 65.1 Å². The molecule has 0 bridgehead atoms. The SMILES string of the molecule is Cc1cccc(N2CCN(CCCNC(=O)c3nnn(-c4ccc(F)cc4)c3C(F)(F)F)CC2)c1. The number of anilines is 1. The number of hydrogen-bond acceptors (Lipinski definition) is 5. The molecule has 1 aliphatic rings. The lowest BCUT2D eigenvalue weighted by molar-refractivity contribution is -0.143. The number of rotatable bonds is 7. The predicted molar refractivity (Wildman–Crippen MR) is 123 cm³/mol. The van der Waals surface area contributed by atoms with Crippen molar-refractivity contribution in [3.05, 3.63) is 71.3 Å². The Labute approximate surface area is 200 Å². The van der Waals surface area contributed by atoms with Gasteiger partial charge in [-0.25, -0.2) is 9.07 Å². The second kappa shape index (κ2) is 10.4. The van der Waals surface area contributed by atoms with Crippen LogP contribution in [0.5, 0.6) is 0 Å². The third-order valence-corrected chi connectivity index (χ3v) is 5.90. The molecule has 1 N–H and O–H groups in total. The summed E-state index contributed by atoms with van der Waals surface area (Å²) < 4.78 is 54.8. The second-order valence-electron chi connectivity index (χ2n) is 8.45. The maximum Gasteiger partial charge on any atom is 0.435 e. The van der Waals surface area contributed by atoms with E-state index in [2.05, 4.69) is 50.6 Å². The first-order valence-electron chi connectivity index (χ1n) is 11.3. The lowest BCUT2D eigenvalue weighted by Gasteiger charge is -2.36. The Hall–Kier alpha value is -3.47. The smallest absolute Gasteiger partial charge is 0.369 e. The number of alkyl halides is 3. The Morgan fingerprint density at radius 2 is 1.74 bits per heavy atom. The van der Waals surface area contributed by atoms with Crippen LogP contribution in [0.25, 0.3) is 5.69 Å². The third-order valence-electron chi connectivity index (χ3n) is 5.90. The number of aryl methyl sites for hydroxylation is 1. The van der Waals surface area contributed by atoms with E-state index in [1.54, 1.807) is 0 Å². The Morgan fingerprint density at radius 3 is 2.40 bits per heavy atom. The number of halogens is 4. The van der Waals surface area contributed by atoms with Crippen molar-refractivity contribution in [2.45, 2.75) is 19.5 Å². The third kappa shape index (κ3) is 5.97. The van der Waals surface area contributed by atoms with Crippen LogP contribution in [0, 0.1) is 12.7 Å². The predicted octanol–water partition coefficient (Wildman–Crippen LogP) is 3.68. The number of nitrogens with zero attached hydrogens (tertiary/aromatic N) is 5. The summed E-state index contributed by atoms with van der Waals surface area (Å²) >= 11 is 0. The molecule has 35 heavy (non-hydrogen) atoms. The van der Waals surface area contributed by atoms with E-state index in [1.807, 2.05) is 6.07 Å². The van der Waals surface area contributed by atoms with Gasteiger partial charge in [-0.3, -0.25) is 9.69 Å². The highest BCUT2D eigenvalue weighted by atomic mass is 19.4. The number of carbonyl (C=O) groups excluding carboxylic acids is 1. The van der Waals surface area contributed by atoms with E-state index >= 15 is 0 Å². The number of hydrogen-bond donors (Lipinski definition) is 1. The molecule has 1 aliphatic heterocycles. The summed E-state index contributed by atoms with van der Waals surface area (Å²) in [4.78, 5) is 17.1. The number of aromatic nitrogens is 3. The number of benzene rings is 2. The van der Waals surface area contributed by atoms with Crippen molar-refractivity contribution < 1.29 is 22.4 Å². The highest BCUT2D eigenvalue weighted by molar-refractivity contribution is 5.93. The zero-order valence-corrected chi connectivity index (χ0v) is 19.2. The Balaban J connectivity index is 1.30. The van der Waals surface area contributed by atoms with Gasteiger partial charge in [0.15, 0.2) is 11.4 Å². The minimum Gasteiger partial charge on any atom is -0.369 e. The van der Waals surface area contributed by atoms with Gasteiger partial charge < -0.3 is 10.2 Å². The van der Waals surface area contributed by atoms with Crippen LogP contribution < -0.4 is 10.2 Å². The second-order valence-corrected chi connectivity index (χ2v) is 8.45. The maximum atomic E-state index is 13.7. The molecule has 4 rings (SSSR count). The van der Waals surface area contributed by atoms with Crippen LogP contribution in [-0.2, 0) is 6.18 Å². The average molecular weight is 491 g/mol. The fourth-order valence-electron chi connectivity index (χ4n) is 4.09. The quantitative estimate of drug-likeness (QED) is 0.405. The first-order chi connectivity index (χ1) is 16.7. The fraction of sp³-hybridized carbons (Fsp3) is 0.375. The van der Waals surface area contributed by atoms with E-state index in [0.29, 0.717) is 11.1 Å². The highest BCUT2D eigenvalue weighted by Crippen LogP contribution is 2.32. The number of nitrogens with one attached hydrogen (secondary N) is 1. The highest BCUT2D eigenvalue weighted by Gasteiger charge is 2.42. The lowest BCUT2D eigenvalue weighted by Crippen LogP contribution is -2.47. The monoisotopic (exact) mass is 490 g/mol. The molecule has 2 aromatic carbocycles. The van der Waals surface area contributed by atoms with E-state index < -0.39 is 29.3 Å². The van der Waals surface area contributed by atoms with Crippen molar-refractivity contribution in [1.82, 2.24) is 25.2 Å². The van der Waals surface area contributed by atoms with E-state index in [4.69, 9.17) is 0 Å². The number of carbonyl (C=O) groups is 1. The van der Waals surface area contributed by atoms with Crippen LogP contribution in [0.4, 0.5) is 23.2 Å². The summed E-state index contributed by atoms with van der Waals surface area (Å²) in [5, 5.41) is 9.47.